The van der Waals surface area contributed by atoms with E-state index in [0.717, 1.165) is 5.56 Å². The molecule has 0 aliphatic rings. The number of rotatable bonds is 3. The third-order valence-electron chi connectivity index (χ3n) is 2.00. The van der Waals surface area contributed by atoms with Gasteiger partial charge in [0.05, 0.1) is 12.1 Å². The van der Waals surface area contributed by atoms with Gasteiger partial charge in [0.1, 0.15) is 5.82 Å². The Morgan fingerprint density at radius 1 is 1.46 bits per heavy atom. The molecule has 3 heteroatoms. The number of nitrogens with one attached hydrogen (secondary N) is 1. The lowest BCUT2D eigenvalue weighted by Crippen LogP contribution is -2.27. The third-order valence-corrected chi connectivity index (χ3v) is 2.00. The molecule has 72 valence electrons. The zero-order valence-electron chi connectivity index (χ0n) is 7.79. The summed E-state index contributed by atoms with van der Waals surface area (Å²) < 4.78 is 12.8. The van der Waals surface area contributed by atoms with Crippen LogP contribution in [0.4, 0.5) is 4.39 Å². The summed E-state index contributed by atoms with van der Waals surface area (Å²) in [6, 6.07) is 6.02. The first-order valence-corrected chi connectivity index (χ1v) is 4.26. The maximum atomic E-state index is 12.8. The molecule has 0 aliphatic carbocycles. The van der Waals surface area contributed by atoms with E-state index in [4.69, 9.17) is 0 Å². The number of halogens is 1. The number of likely N-dealkylation sites (N-methyl/N-ethyl adjacent to an activating group) is 1. The molecule has 2 unspecified atom stereocenters. The second kappa shape index (κ2) is 4.35. The highest BCUT2D eigenvalue weighted by Crippen LogP contribution is 2.16. The molecule has 1 aromatic carbocycles. The lowest BCUT2D eigenvalue weighted by molar-refractivity contribution is 0.150. The first-order valence-electron chi connectivity index (χ1n) is 4.26. The molecular weight excluding hydrogens is 169 g/mol. The molecule has 0 heterocycles. The Kier molecular flexibility index (Phi) is 3.39. The molecule has 2 N–H and O–H groups in total. The summed E-state index contributed by atoms with van der Waals surface area (Å²) in [5.74, 6) is -0.279. The Morgan fingerprint density at radius 2 is 2.15 bits per heavy atom. The summed E-state index contributed by atoms with van der Waals surface area (Å²) in [4.78, 5) is 0. The number of hydrogen-bond acceptors (Lipinski definition) is 2. The molecule has 0 aromatic heterocycles. The predicted molar refractivity (Wildman–Crippen MR) is 49.9 cm³/mol. The highest BCUT2D eigenvalue weighted by molar-refractivity contribution is 5.20. The van der Waals surface area contributed by atoms with Gasteiger partial charge in [-0.1, -0.05) is 12.1 Å². The van der Waals surface area contributed by atoms with E-state index in [0.29, 0.717) is 0 Å². The lowest BCUT2D eigenvalue weighted by atomic mass is 10.0. The van der Waals surface area contributed by atoms with Gasteiger partial charge in [0, 0.05) is 0 Å². The van der Waals surface area contributed by atoms with Crippen molar-refractivity contribution in [1.29, 1.82) is 0 Å². The predicted octanol–water partition coefficient (Wildman–Crippen LogP) is 1.47. The summed E-state index contributed by atoms with van der Waals surface area (Å²) in [6.45, 7) is 1.67. The van der Waals surface area contributed by atoms with Crippen LogP contribution in [0.5, 0.6) is 0 Å². The van der Waals surface area contributed by atoms with Crippen molar-refractivity contribution >= 4 is 0 Å². The van der Waals surface area contributed by atoms with Crippen molar-refractivity contribution in [2.75, 3.05) is 7.05 Å². The molecule has 13 heavy (non-hydrogen) atoms. The smallest absolute Gasteiger partial charge is 0.123 e. The second-order valence-electron chi connectivity index (χ2n) is 3.06. The van der Waals surface area contributed by atoms with Gasteiger partial charge in [-0.25, -0.2) is 4.39 Å². The van der Waals surface area contributed by atoms with Gasteiger partial charge in [-0.3, -0.25) is 0 Å². The lowest BCUT2D eigenvalue weighted by Gasteiger charge is -2.19. The van der Waals surface area contributed by atoms with E-state index < -0.39 is 6.10 Å². The molecule has 0 amide bonds. The van der Waals surface area contributed by atoms with Crippen LogP contribution in [0.3, 0.4) is 0 Å². The minimum absolute atomic E-state index is 0.212. The zero-order chi connectivity index (χ0) is 9.84. The van der Waals surface area contributed by atoms with Gasteiger partial charge in [0.25, 0.3) is 0 Å². The Hall–Kier alpha value is -0.930. The Bertz CT molecular complexity index is 275. The van der Waals surface area contributed by atoms with E-state index in [2.05, 4.69) is 5.32 Å². The van der Waals surface area contributed by atoms with E-state index in [1.165, 1.54) is 12.1 Å². The van der Waals surface area contributed by atoms with Gasteiger partial charge in [0.15, 0.2) is 0 Å². The number of aliphatic hydroxyl groups excluding tert-OH is 1. The monoisotopic (exact) mass is 183 g/mol. The van der Waals surface area contributed by atoms with Crippen LogP contribution in [0.15, 0.2) is 24.3 Å². The van der Waals surface area contributed by atoms with Gasteiger partial charge in [-0.15, -0.1) is 0 Å². The molecule has 0 fully saturated rings. The molecule has 0 saturated heterocycles. The first-order chi connectivity index (χ1) is 6.15. The highest BCUT2D eigenvalue weighted by atomic mass is 19.1. The van der Waals surface area contributed by atoms with Gasteiger partial charge in [-0.2, -0.15) is 0 Å². The van der Waals surface area contributed by atoms with Crippen LogP contribution in [0.25, 0.3) is 0 Å². The van der Waals surface area contributed by atoms with Crippen molar-refractivity contribution in [2.24, 2.45) is 0 Å². The fourth-order valence-corrected chi connectivity index (χ4v) is 1.39. The van der Waals surface area contributed by atoms with Crippen LogP contribution in [0.2, 0.25) is 0 Å². The van der Waals surface area contributed by atoms with E-state index in [1.54, 1.807) is 26.1 Å². The minimum atomic E-state index is -0.535. The Balaban J connectivity index is 2.91. The fourth-order valence-electron chi connectivity index (χ4n) is 1.39. The average molecular weight is 183 g/mol. The standard InChI is InChI=1S/C10H14FNO/c1-7(13)10(12-2)8-4-3-5-9(11)6-8/h3-7,10,12-13H,1-2H3. The molecule has 2 nitrogen and oxygen atoms in total. The van der Waals surface area contributed by atoms with Crippen molar-refractivity contribution < 1.29 is 9.50 Å². The molecule has 2 atom stereocenters. The van der Waals surface area contributed by atoms with Gasteiger partial charge >= 0.3 is 0 Å². The molecule has 1 rings (SSSR count). The fraction of sp³-hybridized carbons (Fsp3) is 0.400. The van der Waals surface area contributed by atoms with Crippen LogP contribution in [0.1, 0.15) is 18.5 Å². The van der Waals surface area contributed by atoms with E-state index in [9.17, 15) is 9.50 Å². The van der Waals surface area contributed by atoms with Crippen LogP contribution in [0, 0.1) is 5.82 Å². The molecule has 1 aromatic rings. The number of benzene rings is 1. The van der Waals surface area contributed by atoms with E-state index in [1.807, 2.05) is 0 Å². The largest absolute Gasteiger partial charge is 0.391 e. The molecule has 0 spiro atoms. The first kappa shape index (κ1) is 10.2. The Labute approximate surface area is 77.4 Å². The normalized spacial score (nSPS) is 15.4. The van der Waals surface area contributed by atoms with Crippen LogP contribution >= 0.6 is 0 Å². The second-order valence-corrected chi connectivity index (χ2v) is 3.06. The molecule has 0 saturated carbocycles. The molecule has 0 aliphatic heterocycles. The van der Waals surface area contributed by atoms with Gasteiger partial charge < -0.3 is 10.4 Å². The third kappa shape index (κ3) is 2.50. The summed E-state index contributed by atoms with van der Waals surface area (Å²) in [6.07, 6.45) is -0.535. The topological polar surface area (TPSA) is 32.3 Å². The van der Waals surface area contributed by atoms with Crippen molar-refractivity contribution in [2.45, 2.75) is 19.1 Å². The van der Waals surface area contributed by atoms with Crippen molar-refractivity contribution in [3.63, 3.8) is 0 Å². The number of hydrogen-bond donors (Lipinski definition) is 2. The highest BCUT2D eigenvalue weighted by Gasteiger charge is 2.14. The van der Waals surface area contributed by atoms with Crippen LogP contribution in [-0.2, 0) is 0 Å². The average Bonchev–Trinajstić information content (AvgIpc) is 2.04. The minimum Gasteiger partial charge on any atom is -0.391 e. The summed E-state index contributed by atoms with van der Waals surface area (Å²) in [5.41, 5.74) is 0.762. The maximum absolute atomic E-state index is 12.8. The van der Waals surface area contributed by atoms with E-state index >= 15 is 0 Å². The summed E-state index contributed by atoms with van der Waals surface area (Å²) >= 11 is 0. The van der Waals surface area contributed by atoms with Crippen molar-refractivity contribution in [3.8, 4) is 0 Å². The molecule has 0 radical (unpaired) electrons. The maximum Gasteiger partial charge on any atom is 0.123 e. The van der Waals surface area contributed by atoms with Crippen LogP contribution < -0.4 is 5.32 Å². The van der Waals surface area contributed by atoms with E-state index in [-0.39, 0.29) is 11.9 Å². The van der Waals surface area contributed by atoms with Crippen molar-refractivity contribution in [3.05, 3.63) is 35.6 Å². The Morgan fingerprint density at radius 3 is 2.62 bits per heavy atom. The quantitative estimate of drug-likeness (QED) is 0.743. The van der Waals surface area contributed by atoms with Gasteiger partial charge in [-0.05, 0) is 31.7 Å². The molecule has 0 bridgehead atoms. The van der Waals surface area contributed by atoms with Crippen molar-refractivity contribution in [1.82, 2.24) is 5.32 Å². The van der Waals surface area contributed by atoms with Crippen LogP contribution in [-0.4, -0.2) is 18.3 Å². The molecular formula is C10H14FNO. The zero-order valence-corrected chi connectivity index (χ0v) is 7.79. The summed E-state index contributed by atoms with van der Waals surface area (Å²) in [5, 5.41) is 12.3. The number of aliphatic hydroxyl groups is 1. The summed E-state index contributed by atoms with van der Waals surface area (Å²) in [7, 11) is 1.74. The van der Waals surface area contributed by atoms with Gasteiger partial charge in [0.2, 0.25) is 0 Å². The SMILES string of the molecule is CNC(c1cccc(F)c1)C(C)O.